The van der Waals surface area contributed by atoms with Crippen molar-refractivity contribution >= 4 is 54.6 Å². The molecule has 0 saturated carbocycles. The van der Waals surface area contributed by atoms with Gasteiger partial charge in [-0.15, -0.1) is 0 Å². The van der Waals surface area contributed by atoms with E-state index in [1.165, 1.54) is 32.9 Å². The number of imidazole rings is 1. The molecular weight excluding hydrogens is 927 g/mol. The smallest absolute Gasteiger partial charge is 0.269 e. The fraction of sp³-hybridized carbons (Fsp3) is 0.0571. The van der Waals surface area contributed by atoms with Crippen LogP contribution in [0.2, 0.25) is 0 Å². The fourth-order valence-corrected chi connectivity index (χ4v) is 11.3. The molecule has 14 aromatic rings. The van der Waals surface area contributed by atoms with Crippen LogP contribution in [-0.4, -0.2) is 18.7 Å². The molecule has 0 amide bonds. The van der Waals surface area contributed by atoms with Crippen LogP contribution in [0, 0.1) is 6.33 Å². The molecule has 0 aliphatic carbocycles. The van der Waals surface area contributed by atoms with E-state index < -0.39 is 0 Å². The molecule has 0 N–H and O–H groups in total. The van der Waals surface area contributed by atoms with E-state index in [2.05, 4.69) is 288 Å². The minimum absolute atomic E-state index is 0.0734. The number of benzene rings is 10. The fourth-order valence-electron chi connectivity index (χ4n) is 11.3. The van der Waals surface area contributed by atoms with Gasteiger partial charge in [0.05, 0.1) is 44.5 Å². The van der Waals surface area contributed by atoms with Gasteiger partial charge in [0.2, 0.25) is 0 Å². The van der Waals surface area contributed by atoms with Crippen molar-refractivity contribution in [3.8, 4) is 67.8 Å². The van der Waals surface area contributed by atoms with Gasteiger partial charge >= 0.3 is 0 Å². The maximum absolute atomic E-state index is 6.93. The van der Waals surface area contributed by atoms with Gasteiger partial charge in [-0.1, -0.05) is 191 Å². The molecule has 0 bridgehead atoms. The van der Waals surface area contributed by atoms with E-state index >= 15 is 0 Å². The van der Waals surface area contributed by atoms with Crippen molar-refractivity contribution in [2.24, 2.45) is 0 Å². The SMILES string of the molecule is CC(C)(C)c1ccnc(-n2c3ccc(-c4cccc5c6ccccc6n(-c6ccccc6)c45)cc3c3ccc(Oc4cccc(-n5[c-][n+](-c6c(-c7ccccc7)cccc6-c6ccccc6)c6ccccc65)c4)cc32)c1. The largest absolute Gasteiger partial charge is 0.458 e. The Balaban J connectivity index is 0.901. The van der Waals surface area contributed by atoms with Crippen molar-refractivity contribution < 1.29 is 9.30 Å². The number of para-hydroxylation sites is 6. The Hall–Kier alpha value is -9.78. The maximum Gasteiger partial charge on any atom is 0.269 e. The lowest BCUT2D eigenvalue weighted by atomic mass is 9.88. The summed E-state index contributed by atoms with van der Waals surface area (Å²) >= 11 is 0. The summed E-state index contributed by atoms with van der Waals surface area (Å²) in [6.45, 7) is 6.75. The first kappa shape index (κ1) is 44.9. The molecule has 4 aromatic heterocycles. The molecule has 4 heterocycles. The summed E-state index contributed by atoms with van der Waals surface area (Å²) in [5, 5.41) is 4.70. The van der Waals surface area contributed by atoms with Gasteiger partial charge in [0.25, 0.3) is 6.33 Å². The Morgan fingerprint density at radius 3 is 1.79 bits per heavy atom. The highest BCUT2D eigenvalue weighted by atomic mass is 16.5. The predicted molar refractivity (Wildman–Crippen MR) is 312 cm³/mol. The first-order valence-corrected chi connectivity index (χ1v) is 25.9. The van der Waals surface area contributed by atoms with Crippen molar-refractivity contribution in [2.75, 3.05) is 0 Å². The second-order valence-corrected chi connectivity index (χ2v) is 20.6. The molecule has 0 spiro atoms. The quantitative estimate of drug-likeness (QED) is 0.107. The maximum atomic E-state index is 6.93. The zero-order valence-corrected chi connectivity index (χ0v) is 42.4. The number of nitrogens with zero attached hydrogens (tertiary/aromatic N) is 5. The number of hydrogen-bond donors (Lipinski definition) is 0. The molecule has 0 fully saturated rings. The minimum Gasteiger partial charge on any atom is -0.458 e. The van der Waals surface area contributed by atoms with E-state index in [1.54, 1.807) is 0 Å². The molecule has 6 nitrogen and oxygen atoms in total. The number of pyridine rings is 1. The normalized spacial score (nSPS) is 11.9. The summed E-state index contributed by atoms with van der Waals surface area (Å²) in [5.41, 5.74) is 17.6. The molecule has 0 aliphatic rings. The summed E-state index contributed by atoms with van der Waals surface area (Å²) in [6, 6.07) is 88.4. The molecule has 0 atom stereocenters. The third-order valence-electron chi connectivity index (χ3n) is 14.9. The molecule has 76 heavy (non-hydrogen) atoms. The molecule has 362 valence electrons. The van der Waals surface area contributed by atoms with Crippen molar-refractivity contribution in [1.82, 2.24) is 18.7 Å². The van der Waals surface area contributed by atoms with Gasteiger partial charge in [-0.2, -0.15) is 0 Å². The first-order chi connectivity index (χ1) is 37.3. The van der Waals surface area contributed by atoms with Crippen molar-refractivity contribution in [2.45, 2.75) is 26.2 Å². The topological polar surface area (TPSA) is 40.8 Å². The van der Waals surface area contributed by atoms with Crippen molar-refractivity contribution in [1.29, 1.82) is 0 Å². The third kappa shape index (κ3) is 7.56. The van der Waals surface area contributed by atoms with Crippen LogP contribution in [0.15, 0.2) is 255 Å². The Morgan fingerprint density at radius 2 is 1.03 bits per heavy atom. The Labute approximate surface area is 441 Å². The Morgan fingerprint density at radius 1 is 0.421 bits per heavy atom. The van der Waals surface area contributed by atoms with Crippen LogP contribution in [0.5, 0.6) is 11.5 Å². The minimum atomic E-state index is -0.0734. The molecule has 6 heteroatoms. The highest BCUT2D eigenvalue weighted by Gasteiger charge is 2.23. The number of hydrogen-bond acceptors (Lipinski definition) is 2. The molecule has 0 unspecified atom stereocenters. The Kier molecular flexibility index (Phi) is 10.6. The number of rotatable bonds is 9. The predicted octanol–water partition coefficient (Wildman–Crippen LogP) is 17.4. The lowest BCUT2D eigenvalue weighted by Crippen LogP contribution is -2.31. The van der Waals surface area contributed by atoms with Crippen LogP contribution >= 0.6 is 0 Å². The average molecular weight is 978 g/mol. The zero-order valence-electron chi connectivity index (χ0n) is 42.4. The van der Waals surface area contributed by atoms with Gasteiger partial charge in [-0.25, -0.2) is 4.98 Å². The molecule has 0 saturated heterocycles. The van der Waals surface area contributed by atoms with Crippen molar-refractivity contribution in [3.63, 3.8) is 0 Å². The van der Waals surface area contributed by atoms with E-state index in [0.717, 1.165) is 89.3 Å². The summed E-state index contributed by atoms with van der Waals surface area (Å²) in [6.07, 6.45) is 5.76. The molecular formula is C70H51N5O. The second-order valence-electron chi connectivity index (χ2n) is 20.6. The highest BCUT2D eigenvalue weighted by Crippen LogP contribution is 2.42. The summed E-state index contributed by atoms with van der Waals surface area (Å²) in [5.74, 6) is 2.29. The summed E-state index contributed by atoms with van der Waals surface area (Å²) < 4.78 is 16.0. The second kappa shape index (κ2) is 18.0. The van der Waals surface area contributed by atoms with Crippen molar-refractivity contribution in [3.05, 3.63) is 267 Å². The van der Waals surface area contributed by atoms with Crippen LogP contribution in [-0.2, 0) is 5.41 Å². The lowest BCUT2D eigenvalue weighted by Gasteiger charge is -2.20. The number of ether oxygens (including phenoxy) is 1. The van der Waals surface area contributed by atoms with Gasteiger partial charge in [0, 0.05) is 45.1 Å². The first-order valence-electron chi connectivity index (χ1n) is 25.9. The monoisotopic (exact) mass is 977 g/mol. The van der Waals surface area contributed by atoms with Gasteiger partial charge in [0.15, 0.2) is 0 Å². The standard InChI is InChI=1S/C70H51N5O/c1-70(2,3)50-40-41-71-67(43-50)75-63-39-36-49(57-31-19-32-60-58-28-13-14-33-62(58)74(69(57)60)51-24-11-6-12-25-51)42-61(63)59-38-37-54(45-66(59)75)76-53-27-17-26-52(44-53)72-46-73(65-35-16-15-34-64(65)72)68-55(47-20-7-4-8-21-47)29-18-30-56(68)48-22-9-5-10-23-48/h4-45H,1-3H3. The van der Waals surface area contributed by atoms with E-state index in [4.69, 9.17) is 9.72 Å². The van der Waals surface area contributed by atoms with E-state index in [0.29, 0.717) is 5.75 Å². The molecule has 0 aliphatic heterocycles. The van der Waals surface area contributed by atoms with Gasteiger partial charge in [-0.05, 0) is 112 Å². The molecule has 14 rings (SSSR count). The Bertz CT molecular complexity index is 4460. The van der Waals surface area contributed by atoms with Crippen LogP contribution < -0.4 is 9.30 Å². The molecule has 0 radical (unpaired) electrons. The van der Waals surface area contributed by atoms with E-state index in [9.17, 15) is 0 Å². The van der Waals surface area contributed by atoms with Crippen LogP contribution in [0.4, 0.5) is 0 Å². The lowest BCUT2D eigenvalue weighted by molar-refractivity contribution is -0.571. The third-order valence-corrected chi connectivity index (χ3v) is 14.9. The molecule has 10 aromatic carbocycles. The van der Waals surface area contributed by atoms with Gasteiger partial charge < -0.3 is 9.30 Å². The van der Waals surface area contributed by atoms with Gasteiger partial charge in [0.1, 0.15) is 17.3 Å². The number of aromatic nitrogens is 5. The highest BCUT2D eigenvalue weighted by molar-refractivity contribution is 6.15. The van der Waals surface area contributed by atoms with Crippen LogP contribution in [0.3, 0.4) is 0 Å². The van der Waals surface area contributed by atoms with E-state index in [-0.39, 0.29) is 5.41 Å². The summed E-state index contributed by atoms with van der Waals surface area (Å²) in [7, 11) is 0. The average Bonchev–Trinajstić information content (AvgIpc) is 4.16. The number of fused-ring (bicyclic) bond motifs is 7. The van der Waals surface area contributed by atoms with Crippen LogP contribution in [0.1, 0.15) is 26.3 Å². The summed E-state index contributed by atoms with van der Waals surface area (Å²) in [4.78, 5) is 5.05. The zero-order chi connectivity index (χ0) is 50.9. The van der Waals surface area contributed by atoms with Gasteiger partial charge in [-0.3, -0.25) is 13.7 Å². The van der Waals surface area contributed by atoms with E-state index in [1.807, 2.05) is 12.3 Å². The van der Waals surface area contributed by atoms with Crippen LogP contribution in [0.25, 0.3) is 111 Å².